The number of hydrogen-bond donors (Lipinski definition) is 1. The number of fused-ring (bicyclic) bond motifs is 1. The molecule has 1 fully saturated rings. The van der Waals surface area contributed by atoms with Crippen molar-refractivity contribution in [2.45, 2.75) is 38.8 Å². The molecule has 2 unspecified atom stereocenters. The first-order valence-corrected chi connectivity index (χ1v) is 7.45. The number of likely N-dealkylation sites (tertiary alicyclic amines) is 1. The van der Waals surface area contributed by atoms with E-state index >= 15 is 0 Å². The van der Waals surface area contributed by atoms with Crippen LogP contribution in [0.3, 0.4) is 0 Å². The average molecular weight is 260 g/mol. The van der Waals surface area contributed by atoms with Gasteiger partial charge in [0.2, 0.25) is 0 Å². The Hall–Kier alpha value is -1.06. The average Bonchev–Trinajstić information content (AvgIpc) is 2.88. The second-order valence-corrected chi connectivity index (χ2v) is 6.03. The Balaban J connectivity index is 1.70. The Kier molecular flexibility index (Phi) is 3.76. The summed E-state index contributed by atoms with van der Waals surface area (Å²) in [5.41, 5.74) is 8.71. The standard InChI is InChI=1S/C16H24N2O/c1-12-4-6-18(15(8-12)10-17)11-13-2-3-16-14(9-13)5-7-19-16/h2-3,9,12,15H,4-8,10-11,17H2,1H3. The van der Waals surface area contributed by atoms with E-state index in [0.717, 1.165) is 37.8 Å². The molecule has 0 spiro atoms. The molecule has 0 bridgehead atoms. The van der Waals surface area contributed by atoms with E-state index in [2.05, 4.69) is 30.0 Å². The zero-order chi connectivity index (χ0) is 13.2. The maximum absolute atomic E-state index is 5.94. The van der Waals surface area contributed by atoms with Gasteiger partial charge in [-0.15, -0.1) is 0 Å². The molecule has 19 heavy (non-hydrogen) atoms. The summed E-state index contributed by atoms with van der Waals surface area (Å²) < 4.78 is 5.57. The molecule has 1 saturated heterocycles. The molecule has 1 aromatic rings. The molecule has 2 heterocycles. The number of nitrogens with two attached hydrogens (primary N) is 1. The van der Waals surface area contributed by atoms with Crippen LogP contribution in [0.2, 0.25) is 0 Å². The maximum atomic E-state index is 5.94. The molecule has 0 aromatic heterocycles. The van der Waals surface area contributed by atoms with E-state index < -0.39 is 0 Å². The molecule has 3 nitrogen and oxygen atoms in total. The Morgan fingerprint density at radius 1 is 1.42 bits per heavy atom. The summed E-state index contributed by atoms with van der Waals surface area (Å²) in [7, 11) is 0. The minimum atomic E-state index is 0.549. The van der Waals surface area contributed by atoms with Crippen molar-refractivity contribution in [2.75, 3.05) is 19.7 Å². The van der Waals surface area contributed by atoms with Gasteiger partial charge in [-0.1, -0.05) is 19.1 Å². The number of benzene rings is 1. The molecule has 1 aromatic carbocycles. The zero-order valence-corrected chi connectivity index (χ0v) is 11.8. The lowest BCUT2D eigenvalue weighted by Gasteiger charge is -2.38. The Labute approximate surface area is 115 Å². The first-order chi connectivity index (χ1) is 9.26. The van der Waals surface area contributed by atoms with E-state index in [1.165, 1.54) is 30.5 Å². The summed E-state index contributed by atoms with van der Waals surface area (Å²) in [5, 5.41) is 0. The van der Waals surface area contributed by atoms with E-state index in [1.807, 2.05) is 0 Å². The van der Waals surface area contributed by atoms with Gasteiger partial charge in [0, 0.05) is 25.6 Å². The molecular formula is C16H24N2O. The Morgan fingerprint density at radius 3 is 3.16 bits per heavy atom. The van der Waals surface area contributed by atoms with Crippen LogP contribution in [0.1, 0.15) is 30.9 Å². The molecule has 0 saturated carbocycles. The highest BCUT2D eigenvalue weighted by Gasteiger charge is 2.25. The minimum Gasteiger partial charge on any atom is -0.493 e. The minimum absolute atomic E-state index is 0.549. The monoisotopic (exact) mass is 260 g/mol. The predicted octanol–water partition coefficient (Wildman–Crippen LogP) is 2.18. The predicted molar refractivity (Wildman–Crippen MR) is 77.3 cm³/mol. The van der Waals surface area contributed by atoms with E-state index in [-0.39, 0.29) is 0 Å². The molecule has 104 valence electrons. The smallest absolute Gasteiger partial charge is 0.122 e. The molecule has 2 N–H and O–H groups in total. The fourth-order valence-corrected chi connectivity index (χ4v) is 3.33. The number of ether oxygens (including phenoxy) is 1. The second-order valence-electron chi connectivity index (χ2n) is 6.03. The van der Waals surface area contributed by atoms with Crippen molar-refractivity contribution in [3.63, 3.8) is 0 Å². The van der Waals surface area contributed by atoms with Gasteiger partial charge < -0.3 is 10.5 Å². The first-order valence-electron chi connectivity index (χ1n) is 7.45. The van der Waals surface area contributed by atoms with Gasteiger partial charge in [0.1, 0.15) is 5.75 Å². The summed E-state index contributed by atoms with van der Waals surface area (Å²) in [4.78, 5) is 2.55. The van der Waals surface area contributed by atoms with Crippen LogP contribution in [-0.4, -0.2) is 30.6 Å². The van der Waals surface area contributed by atoms with Crippen LogP contribution in [0.5, 0.6) is 5.75 Å². The molecule has 3 rings (SSSR count). The Morgan fingerprint density at radius 2 is 2.32 bits per heavy atom. The lowest BCUT2D eigenvalue weighted by molar-refractivity contribution is 0.115. The van der Waals surface area contributed by atoms with E-state index in [1.54, 1.807) is 0 Å². The molecular weight excluding hydrogens is 236 g/mol. The lowest BCUT2D eigenvalue weighted by Crippen LogP contribution is -2.45. The number of rotatable bonds is 3. The van der Waals surface area contributed by atoms with E-state index in [4.69, 9.17) is 10.5 Å². The van der Waals surface area contributed by atoms with Gasteiger partial charge in [-0.2, -0.15) is 0 Å². The van der Waals surface area contributed by atoms with Gasteiger partial charge in [-0.3, -0.25) is 4.90 Å². The van der Waals surface area contributed by atoms with Crippen LogP contribution in [0.15, 0.2) is 18.2 Å². The van der Waals surface area contributed by atoms with Crippen LogP contribution in [0.4, 0.5) is 0 Å². The van der Waals surface area contributed by atoms with Crippen LogP contribution in [-0.2, 0) is 13.0 Å². The molecule has 2 atom stereocenters. The topological polar surface area (TPSA) is 38.5 Å². The van der Waals surface area contributed by atoms with E-state index in [9.17, 15) is 0 Å². The van der Waals surface area contributed by atoms with Crippen molar-refractivity contribution < 1.29 is 4.74 Å². The fraction of sp³-hybridized carbons (Fsp3) is 0.625. The third-order valence-corrected chi connectivity index (χ3v) is 4.51. The quantitative estimate of drug-likeness (QED) is 0.905. The second kappa shape index (κ2) is 5.51. The number of nitrogens with zero attached hydrogens (tertiary/aromatic N) is 1. The van der Waals surface area contributed by atoms with Crippen LogP contribution < -0.4 is 10.5 Å². The van der Waals surface area contributed by atoms with Gasteiger partial charge in [0.15, 0.2) is 0 Å². The Bertz CT molecular complexity index is 446. The van der Waals surface area contributed by atoms with Crippen LogP contribution in [0, 0.1) is 5.92 Å². The third kappa shape index (κ3) is 2.77. The third-order valence-electron chi connectivity index (χ3n) is 4.51. The highest BCUT2D eigenvalue weighted by molar-refractivity contribution is 5.39. The van der Waals surface area contributed by atoms with Crippen molar-refractivity contribution in [2.24, 2.45) is 11.7 Å². The SMILES string of the molecule is CC1CCN(Cc2ccc3c(c2)CCO3)C(CN)C1. The van der Waals surface area contributed by atoms with Crippen LogP contribution in [0.25, 0.3) is 0 Å². The summed E-state index contributed by atoms with van der Waals surface area (Å²) in [6.07, 6.45) is 3.59. The summed E-state index contributed by atoms with van der Waals surface area (Å²) in [6, 6.07) is 7.19. The first kappa shape index (κ1) is 12.9. The number of piperidine rings is 1. The molecule has 2 aliphatic heterocycles. The van der Waals surface area contributed by atoms with Crippen molar-refractivity contribution >= 4 is 0 Å². The molecule has 0 aliphatic carbocycles. The normalized spacial score (nSPS) is 27.1. The lowest BCUT2D eigenvalue weighted by atomic mass is 9.92. The van der Waals surface area contributed by atoms with Gasteiger partial charge in [0.05, 0.1) is 6.61 Å². The van der Waals surface area contributed by atoms with Crippen molar-refractivity contribution in [1.29, 1.82) is 0 Å². The van der Waals surface area contributed by atoms with Crippen molar-refractivity contribution in [1.82, 2.24) is 4.90 Å². The molecule has 0 radical (unpaired) electrons. The highest BCUT2D eigenvalue weighted by Crippen LogP contribution is 2.28. The fourth-order valence-electron chi connectivity index (χ4n) is 3.33. The van der Waals surface area contributed by atoms with E-state index in [0.29, 0.717) is 6.04 Å². The van der Waals surface area contributed by atoms with Gasteiger partial charge >= 0.3 is 0 Å². The largest absolute Gasteiger partial charge is 0.493 e. The molecule has 2 aliphatic rings. The van der Waals surface area contributed by atoms with Crippen molar-refractivity contribution in [3.8, 4) is 5.75 Å². The summed E-state index contributed by atoms with van der Waals surface area (Å²) in [6.45, 7) is 6.16. The summed E-state index contributed by atoms with van der Waals surface area (Å²) in [5.74, 6) is 1.89. The molecule has 3 heteroatoms. The van der Waals surface area contributed by atoms with Gasteiger partial charge in [-0.05, 0) is 42.5 Å². The van der Waals surface area contributed by atoms with Gasteiger partial charge in [0.25, 0.3) is 0 Å². The maximum Gasteiger partial charge on any atom is 0.122 e. The molecule has 0 amide bonds. The summed E-state index contributed by atoms with van der Waals surface area (Å²) >= 11 is 0. The van der Waals surface area contributed by atoms with Crippen molar-refractivity contribution in [3.05, 3.63) is 29.3 Å². The van der Waals surface area contributed by atoms with Crippen LogP contribution >= 0.6 is 0 Å². The van der Waals surface area contributed by atoms with Gasteiger partial charge in [-0.25, -0.2) is 0 Å². The zero-order valence-electron chi connectivity index (χ0n) is 11.8. The highest BCUT2D eigenvalue weighted by atomic mass is 16.5. The number of hydrogen-bond acceptors (Lipinski definition) is 3.